The minimum Gasteiger partial charge on any atom is -0.300 e. The summed E-state index contributed by atoms with van der Waals surface area (Å²) in [5.74, 6) is 0.595. The van der Waals surface area contributed by atoms with E-state index < -0.39 is 0 Å². The van der Waals surface area contributed by atoms with E-state index in [1.807, 2.05) is 0 Å². The highest BCUT2D eigenvalue weighted by atomic mass is 16.1. The van der Waals surface area contributed by atoms with Gasteiger partial charge in [0.1, 0.15) is 5.78 Å². The van der Waals surface area contributed by atoms with Crippen LogP contribution in [0.15, 0.2) is 0 Å². The van der Waals surface area contributed by atoms with Crippen molar-refractivity contribution in [2.45, 2.75) is 53.9 Å². The Kier molecular flexibility index (Phi) is 2.57. The van der Waals surface area contributed by atoms with Crippen LogP contribution in [-0.4, -0.2) is 5.78 Å². The molecule has 0 amide bonds. The van der Waals surface area contributed by atoms with E-state index in [1.54, 1.807) is 6.92 Å². The van der Waals surface area contributed by atoms with Gasteiger partial charge in [-0.3, -0.25) is 4.79 Å². The first kappa shape index (κ1) is 10.7. The van der Waals surface area contributed by atoms with Crippen molar-refractivity contribution < 1.29 is 4.79 Å². The number of rotatable bonds is 4. The quantitative estimate of drug-likeness (QED) is 0.651. The molecule has 1 aliphatic carbocycles. The first-order valence-electron chi connectivity index (χ1n) is 5.35. The van der Waals surface area contributed by atoms with E-state index in [0.29, 0.717) is 16.6 Å². The molecule has 2 atom stereocenters. The molecule has 0 bridgehead atoms. The Labute approximate surface area is 81.9 Å². The molecular weight excluding hydrogens is 160 g/mol. The van der Waals surface area contributed by atoms with Gasteiger partial charge in [-0.15, -0.1) is 0 Å². The molecule has 0 N–H and O–H groups in total. The summed E-state index contributed by atoms with van der Waals surface area (Å²) < 4.78 is 0. The normalized spacial score (nSPS) is 32.7. The molecule has 0 saturated heterocycles. The molecule has 1 aliphatic rings. The lowest BCUT2D eigenvalue weighted by atomic mass is 9.83. The smallest absolute Gasteiger partial charge is 0.132 e. The highest BCUT2D eigenvalue weighted by molar-refractivity contribution is 5.77. The van der Waals surface area contributed by atoms with Crippen LogP contribution < -0.4 is 0 Å². The van der Waals surface area contributed by atoms with Gasteiger partial charge in [0.05, 0.1) is 0 Å². The summed E-state index contributed by atoms with van der Waals surface area (Å²) in [6.45, 7) is 10.7. The summed E-state index contributed by atoms with van der Waals surface area (Å²) in [5.41, 5.74) is 0.948. The molecule has 0 aromatic rings. The van der Waals surface area contributed by atoms with Gasteiger partial charge in [-0.1, -0.05) is 27.7 Å². The molecule has 76 valence electrons. The maximum atomic E-state index is 11.2. The molecule has 0 aromatic heterocycles. The molecule has 0 radical (unpaired) electrons. The Morgan fingerprint density at radius 2 is 1.92 bits per heavy atom. The van der Waals surface area contributed by atoms with Crippen LogP contribution in [-0.2, 0) is 4.79 Å². The van der Waals surface area contributed by atoms with Gasteiger partial charge in [0, 0.05) is 5.92 Å². The van der Waals surface area contributed by atoms with Crippen molar-refractivity contribution in [1.29, 1.82) is 0 Å². The monoisotopic (exact) mass is 182 g/mol. The summed E-state index contributed by atoms with van der Waals surface area (Å²) >= 11 is 0. The van der Waals surface area contributed by atoms with E-state index in [1.165, 1.54) is 12.8 Å². The Morgan fingerprint density at radius 1 is 1.46 bits per heavy atom. The lowest BCUT2D eigenvalue weighted by Crippen LogP contribution is -2.16. The third-order valence-corrected chi connectivity index (χ3v) is 4.16. The number of Topliss-reactive ketones (excluding diaryl/α,β-unsaturated/α-hetero) is 1. The van der Waals surface area contributed by atoms with Crippen LogP contribution in [0.5, 0.6) is 0 Å². The third kappa shape index (κ3) is 1.79. The van der Waals surface area contributed by atoms with Gasteiger partial charge in [-0.05, 0) is 37.0 Å². The van der Waals surface area contributed by atoms with Crippen molar-refractivity contribution in [2.24, 2.45) is 16.7 Å². The molecule has 0 heterocycles. The fraction of sp³-hybridized carbons (Fsp3) is 0.917. The first-order chi connectivity index (χ1) is 5.84. The Hall–Kier alpha value is -0.330. The van der Waals surface area contributed by atoms with Gasteiger partial charge in [0.2, 0.25) is 0 Å². The highest BCUT2D eigenvalue weighted by Gasteiger charge is 2.59. The second-order valence-electron chi connectivity index (χ2n) is 5.41. The molecule has 1 saturated carbocycles. The van der Waals surface area contributed by atoms with Gasteiger partial charge in [-0.25, -0.2) is 0 Å². The molecule has 13 heavy (non-hydrogen) atoms. The third-order valence-electron chi connectivity index (χ3n) is 4.16. The first-order valence-corrected chi connectivity index (χ1v) is 5.35. The zero-order valence-corrected chi connectivity index (χ0v) is 9.61. The number of ketones is 1. The molecule has 0 aliphatic heterocycles. The van der Waals surface area contributed by atoms with Crippen molar-refractivity contribution in [1.82, 2.24) is 0 Å². The molecule has 1 fully saturated rings. The van der Waals surface area contributed by atoms with Crippen LogP contribution in [0.2, 0.25) is 0 Å². The SMILES string of the molecule is CCC1(CC(C)C(C)=O)CC1(C)C. The van der Waals surface area contributed by atoms with E-state index in [4.69, 9.17) is 0 Å². The topological polar surface area (TPSA) is 17.1 Å². The minimum atomic E-state index is 0.252. The second-order valence-corrected chi connectivity index (χ2v) is 5.41. The van der Waals surface area contributed by atoms with Gasteiger partial charge >= 0.3 is 0 Å². The van der Waals surface area contributed by atoms with Crippen molar-refractivity contribution in [2.75, 3.05) is 0 Å². The number of hydrogen-bond donors (Lipinski definition) is 0. The number of carbonyl (C=O) groups excluding carboxylic acids is 1. The van der Waals surface area contributed by atoms with E-state index in [9.17, 15) is 4.79 Å². The summed E-state index contributed by atoms with van der Waals surface area (Å²) in [5, 5.41) is 0. The molecular formula is C12H22O. The van der Waals surface area contributed by atoms with E-state index in [0.717, 1.165) is 6.42 Å². The number of carbonyl (C=O) groups is 1. The summed E-state index contributed by atoms with van der Waals surface area (Å²) in [7, 11) is 0. The van der Waals surface area contributed by atoms with Gasteiger partial charge < -0.3 is 0 Å². The summed E-state index contributed by atoms with van der Waals surface area (Å²) in [6, 6.07) is 0. The fourth-order valence-corrected chi connectivity index (χ4v) is 2.63. The molecule has 0 spiro atoms. The molecule has 0 aromatic carbocycles. The largest absolute Gasteiger partial charge is 0.300 e. The lowest BCUT2D eigenvalue weighted by molar-refractivity contribution is -0.120. The van der Waals surface area contributed by atoms with E-state index in [-0.39, 0.29) is 5.92 Å². The van der Waals surface area contributed by atoms with Crippen LogP contribution in [0.25, 0.3) is 0 Å². The highest BCUT2D eigenvalue weighted by Crippen LogP contribution is 2.68. The van der Waals surface area contributed by atoms with Crippen molar-refractivity contribution >= 4 is 5.78 Å². The maximum absolute atomic E-state index is 11.2. The predicted molar refractivity (Wildman–Crippen MR) is 55.6 cm³/mol. The average molecular weight is 182 g/mol. The van der Waals surface area contributed by atoms with Crippen LogP contribution in [0.3, 0.4) is 0 Å². The lowest BCUT2D eigenvalue weighted by Gasteiger charge is -2.21. The predicted octanol–water partition coefficient (Wildman–Crippen LogP) is 3.43. The van der Waals surface area contributed by atoms with Crippen LogP contribution in [0, 0.1) is 16.7 Å². The second kappa shape index (κ2) is 3.11. The Balaban J connectivity index is 2.58. The fourth-order valence-electron chi connectivity index (χ4n) is 2.63. The number of hydrogen-bond acceptors (Lipinski definition) is 1. The zero-order valence-electron chi connectivity index (χ0n) is 9.61. The van der Waals surface area contributed by atoms with Gasteiger partial charge in [-0.2, -0.15) is 0 Å². The van der Waals surface area contributed by atoms with Crippen molar-refractivity contribution in [3.63, 3.8) is 0 Å². The van der Waals surface area contributed by atoms with Crippen LogP contribution in [0.1, 0.15) is 53.9 Å². The molecule has 1 nitrogen and oxygen atoms in total. The van der Waals surface area contributed by atoms with E-state index >= 15 is 0 Å². The Morgan fingerprint density at radius 3 is 2.15 bits per heavy atom. The summed E-state index contributed by atoms with van der Waals surface area (Å²) in [6.07, 6.45) is 3.61. The average Bonchev–Trinajstić information content (AvgIpc) is 2.54. The summed E-state index contributed by atoms with van der Waals surface area (Å²) in [4.78, 5) is 11.2. The standard InChI is InChI=1S/C12H22O/c1-6-12(8-11(12,4)5)7-9(2)10(3)13/h9H,6-8H2,1-5H3. The minimum absolute atomic E-state index is 0.252. The van der Waals surface area contributed by atoms with Crippen molar-refractivity contribution in [3.8, 4) is 0 Å². The van der Waals surface area contributed by atoms with Crippen LogP contribution in [0.4, 0.5) is 0 Å². The Bertz CT molecular complexity index is 217. The molecule has 1 rings (SSSR count). The van der Waals surface area contributed by atoms with Gasteiger partial charge in [0.15, 0.2) is 0 Å². The van der Waals surface area contributed by atoms with E-state index in [2.05, 4.69) is 27.7 Å². The van der Waals surface area contributed by atoms with Crippen LogP contribution >= 0.6 is 0 Å². The van der Waals surface area contributed by atoms with Crippen molar-refractivity contribution in [3.05, 3.63) is 0 Å². The molecule has 2 unspecified atom stereocenters. The zero-order chi connectivity index (χ0) is 10.3. The van der Waals surface area contributed by atoms with Gasteiger partial charge in [0.25, 0.3) is 0 Å². The molecule has 1 heteroatoms. The maximum Gasteiger partial charge on any atom is 0.132 e.